The van der Waals surface area contributed by atoms with Crippen LogP contribution in [0.3, 0.4) is 0 Å². The molecule has 0 amide bonds. The van der Waals surface area contributed by atoms with Crippen molar-refractivity contribution in [3.05, 3.63) is 34.8 Å². The first-order valence-electron chi connectivity index (χ1n) is 3.95. The number of aromatic nitrogens is 3. The zero-order chi connectivity index (χ0) is 9.10. The van der Waals surface area contributed by atoms with Crippen LogP contribution in [0, 0.1) is 0 Å². The largest absolute Gasteiger partial charge is 0.427 e. The smallest absolute Gasteiger partial charge is 0.144 e. The standard InChI is InChI=1S/C8H9N3OS/c12-11-4-3-10-8(11)2-1-7-5-9-6-13-7/h3-6,12H,1-2H2. The van der Waals surface area contributed by atoms with Gasteiger partial charge in [0.25, 0.3) is 0 Å². The quantitative estimate of drug-likeness (QED) is 0.752. The highest BCUT2D eigenvalue weighted by atomic mass is 32.1. The van der Waals surface area contributed by atoms with Crippen molar-refractivity contribution in [3.63, 3.8) is 0 Å². The van der Waals surface area contributed by atoms with Crippen LogP contribution >= 0.6 is 11.3 Å². The molecule has 0 unspecified atom stereocenters. The van der Waals surface area contributed by atoms with E-state index in [0.29, 0.717) is 5.82 Å². The lowest BCUT2D eigenvalue weighted by atomic mass is 10.3. The van der Waals surface area contributed by atoms with E-state index in [9.17, 15) is 5.21 Å². The molecule has 0 bridgehead atoms. The Kier molecular flexibility index (Phi) is 2.27. The molecule has 2 aromatic heterocycles. The number of hydrogen-bond donors (Lipinski definition) is 1. The normalized spacial score (nSPS) is 10.5. The van der Waals surface area contributed by atoms with Gasteiger partial charge in [-0.25, -0.2) is 4.98 Å². The SMILES string of the molecule is On1ccnc1CCc1cncs1. The molecule has 2 heterocycles. The van der Waals surface area contributed by atoms with Crippen LogP contribution in [0.1, 0.15) is 10.7 Å². The summed E-state index contributed by atoms with van der Waals surface area (Å²) in [6, 6.07) is 0. The minimum absolute atomic E-state index is 0.688. The molecule has 2 rings (SSSR count). The molecule has 2 aromatic rings. The molecular formula is C8H9N3OS. The summed E-state index contributed by atoms with van der Waals surface area (Å²) >= 11 is 1.62. The summed E-state index contributed by atoms with van der Waals surface area (Å²) in [7, 11) is 0. The number of aryl methyl sites for hydroxylation is 2. The average molecular weight is 195 g/mol. The van der Waals surface area contributed by atoms with Gasteiger partial charge in [0, 0.05) is 23.7 Å². The van der Waals surface area contributed by atoms with E-state index in [2.05, 4.69) is 9.97 Å². The van der Waals surface area contributed by atoms with Crippen molar-refractivity contribution in [3.8, 4) is 0 Å². The molecule has 0 saturated heterocycles. The second-order valence-electron chi connectivity index (χ2n) is 2.66. The third kappa shape index (κ3) is 1.86. The first-order chi connectivity index (χ1) is 6.36. The molecule has 0 aliphatic rings. The lowest BCUT2D eigenvalue weighted by Gasteiger charge is -1.97. The van der Waals surface area contributed by atoms with Crippen LogP contribution in [0.5, 0.6) is 0 Å². The summed E-state index contributed by atoms with van der Waals surface area (Å²) in [5.74, 6) is 0.688. The molecule has 13 heavy (non-hydrogen) atoms. The molecule has 68 valence electrons. The van der Waals surface area contributed by atoms with E-state index < -0.39 is 0 Å². The zero-order valence-electron chi connectivity index (χ0n) is 6.92. The minimum Gasteiger partial charge on any atom is -0.427 e. The van der Waals surface area contributed by atoms with E-state index in [1.165, 1.54) is 11.1 Å². The van der Waals surface area contributed by atoms with Gasteiger partial charge in [0.2, 0.25) is 0 Å². The maximum absolute atomic E-state index is 9.22. The molecular weight excluding hydrogens is 186 g/mol. The van der Waals surface area contributed by atoms with Gasteiger partial charge in [-0.05, 0) is 6.42 Å². The zero-order valence-corrected chi connectivity index (χ0v) is 7.74. The third-order valence-corrected chi connectivity index (χ3v) is 2.61. The summed E-state index contributed by atoms with van der Waals surface area (Å²) in [5, 5.41) is 9.22. The van der Waals surface area contributed by atoms with Crippen molar-refractivity contribution in [2.45, 2.75) is 12.8 Å². The topological polar surface area (TPSA) is 50.9 Å². The van der Waals surface area contributed by atoms with Crippen molar-refractivity contribution in [2.75, 3.05) is 0 Å². The highest BCUT2D eigenvalue weighted by Crippen LogP contribution is 2.09. The van der Waals surface area contributed by atoms with Gasteiger partial charge in [-0.2, -0.15) is 4.73 Å². The Balaban J connectivity index is 1.97. The number of imidazole rings is 1. The highest BCUT2D eigenvalue weighted by Gasteiger charge is 2.02. The number of thiazole rings is 1. The van der Waals surface area contributed by atoms with Gasteiger partial charge < -0.3 is 5.21 Å². The first-order valence-corrected chi connectivity index (χ1v) is 4.83. The van der Waals surface area contributed by atoms with E-state index in [1.54, 1.807) is 23.0 Å². The third-order valence-electron chi connectivity index (χ3n) is 1.77. The molecule has 5 heteroatoms. The van der Waals surface area contributed by atoms with Gasteiger partial charge in [-0.1, -0.05) is 0 Å². The number of hydrogen-bond acceptors (Lipinski definition) is 4. The Bertz CT molecular complexity index is 368. The molecule has 0 atom stereocenters. The molecule has 0 aliphatic carbocycles. The second kappa shape index (κ2) is 3.57. The van der Waals surface area contributed by atoms with Crippen molar-refractivity contribution in [1.29, 1.82) is 0 Å². The van der Waals surface area contributed by atoms with Gasteiger partial charge in [0.1, 0.15) is 5.82 Å². The minimum atomic E-state index is 0.688. The summed E-state index contributed by atoms with van der Waals surface area (Å²) in [6.45, 7) is 0. The van der Waals surface area contributed by atoms with Crippen molar-refractivity contribution < 1.29 is 5.21 Å². The molecule has 0 fully saturated rings. The maximum Gasteiger partial charge on any atom is 0.144 e. The molecule has 0 radical (unpaired) electrons. The van der Waals surface area contributed by atoms with Crippen LogP contribution in [-0.2, 0) is 12.8 Å². The van der Waals surface area contributed by atoms with Crippen LogP contribution in [0.15, 0.2) is 24.1 Å². The van der Waals surface area contributed by atoms with E-state index in [0.717, 1.165) is 17.6 Å². The van der Waals surface area contributed by atoms with Crippen LogP contribution in [0.4, 0.5) is 0 Å². The maximum atomic E-state index is 9.22. The van der Waals surface area contributed by atoms with Crippen molar-refractivity contribution in [2.24, 2.45) is 0 Å². The van der Waals surface area contributed by atoms with E-state index in [1.807, 2.05) is 6.20 Å². The lowest BCUT2D eigenvalue weighted by molar-refractivity contribution is 0.175. The van der Waals surface area contributed by atoms with Crippen LogP contribution in [-0.4, -0.2) is 19.9 Å². The van der Waals surface area contributed by atoms with E-state index in [-0.39, 0.29) is 0 Å². The molecule has 1 N–H and O–H groups in total. The van der Waals surface area contributed by atoms with Gasteiger partial charge in [-0.15, -0.1) is 11.3 Å². The van der Waals surface area contributed by atoms with Gasteiger partial charge in [0.05, 0.1) is 11.7 Å². The van der Waals surface area contributed by atoms with Crippen LogP contribution in [0.2, 0.25) is 0 Å². The summed E-state index contributed by atoms with van der Waals surface area (Å²) in [4.78, 5) is 9.20. The van der Waals surface area contributed by atoms with E-state index in [4.69, 9.17) is 0 Å². The second-order valence-corrected chi connectivity index (χ2v) is 3.63. The fourth-order valence-electron chi connectivity index (χ4n) is 1.11. The predicted molar refractivity (Wildman–Crippen MR) is 48.9 cm³/mol. The van der Waals surface area contributed by atoms with Crippen LogP contribution in [0.25, 0.3) is 0 Å². The summed E-state index contributed by atoms with van der Waals surface area (Å²) in [5.41, 5.74) is 1.81. The number of rotatable bonds is 3. The Hall–Kier alpha value is -1.36. The number of nitrogens with zero attached hydrogens (tertiary/aromatic N) is 3. The monoisotopic (exact) mass is 195 g/mol. The Morgan fingerprint density at radius 1 is 1.46 bits per heavy atom. The van der Waals surface area contributed by atoms with Crippen molar-refractivity contribution >= 4 is 11.3 Å². The average Bonchev–Trinajstić information content (AvgIpc) is 2.72. The Morgan fingerprint density at radius 2 is 2.38 bits per heavy atom. The van der Waals surface area contributed by atoms with Gasteiger partial charge in [0.15, 0.2) is 0 Å². The van der Waals surface area contributed by atoms with Gasteiger partial charge >= 0.3 is 0 Å². The fourth-order valence-corrected chi connectivity index (χ4v) is 1.71. The molecule has 0 aromatic carbocycles. The fraction of sp³-hybridized carbons (Fsp3) is 0.250. The highest BCUT2D eigenvalue weighted by molar-refractivity contribution is 7.09. The van der Waals surface area contributed by atoms with E-state index >= 15 is 0 Å². The summed E-state index contributed by atoms with van der Waals surface area (Å²) in [6.07, 6.45) is 6.58. The molecule has 0 aliphatic heterocycles. The molecule has 4 nitrogen and oxygen atoms in total. The first kappa shape index (κ1) is 8.25. The van der Waals surface area contributed by atoms with Crippen molar-refractivity contribution in [1.82, 2.24) is 14.7 Å². The lowest BCUT2D eigenvalue weighted by Crippen LogP contribution is -1.99. The summed E-state index contributed by atoms with van der Waals surface area (Å²) < 4.78 is 1.06. The predicted octanol–water partition coefficient (Wildman–Crippen LogP) is 1.36. The Morgan fingerprint density at radius 3 is 3.00 bits per heavy atom. The van der Waals surface area contributed by atoms with Gasteiger partial charge in [-0.3, -0.25) is 4.98 Å². The Labute approximate surface area is 79.5 Å². The molecule has 0 spiro atoms. The molecule has 0 saturated carbocycles. The van der Waals surface area contributed by atoms with Crippen LogP contribution < -0.4 is 0 Å².